The molecule has 0 aliphatic carbocycles. The molecule has 1 fully saturated rings. The summed E-state index contributed by atoms with van der Waals surface area (Å²) in [6.07, 6.45) is -4.61. The number of halogens is 1. The van der Waals surface area contributed by atoms with Gasteiger partial charge in [-0.3, -0.25) is 14.3 Å². The van der Waals surface area contributed by atoms with Crippen LogP contribution in [-0.2, 0) is 4.74 Å². The summed E-state index contributed by atoms with van der Waals surface area (Å²) < 4.78 is 6.87. The number of ether oxygens (including phenoxy) is 1. The summed E-state index contributed by atoms with van der Waals surface area (Å²) >= 11 is 3.15. The fourth-order valence-corrected chi connectivity index (χ4v) is 2.84. The second kappa shape index (κ2) is 5.03. The molecule has 21 heavy (non-hydrogen) atoms. The van der Waals surface area contributed by atoms with Gasteiger partial charge in [0.2, 0.25) is 5.95 Å². The Morgan fingerprint density at radius 1 is 1.38 bits per heavy atom. The number of nitrogen functional groups attached to an aromatic ring is 1. The Labute approximate surface area is 125 Å². The number of aromatic nitrogens is 4. The number of hydrogen-bond acceptors (Lipinski definition) is 8. The fraction of sp³-hybridized carbons (Fsp3) is 0.500. The Balaban J connectivity index is 2.17. The van der Waals surface area contributed by atoms with Crippen LogP contribution in [0.5, 0.6) is 0 Å². The molecule has 1 aliphatic heterocycles. The third kappa shape index (κ3) is 2.13. The highest BCUT2D eigenvalue weighted by Gasteiger charge is 2.44. The van der Waals surface area contributed by atoms with E-state index in [4.69, 9.17) is 15.6 Å². The number of aliphatic hydroxyl groups is 3. The molecule has 0 bridgehead atoms. The number of nitrogens with one attached hydrogen (secondary N) is 1. The van der Waals surface area contributed by atoms with Gasteiger partial charge in [-0.15, -0.1) is 0 Å². The maximum atomic E-state index is 11.8. The molecule has 114 valence electrons. The van der Waals surface area contributed by atoms with E-state index in [0.717, 1.165) is 0 Å². The number of aromatic amines is 1. The molecule has 2 aromatic heterocycles. The molecular weight excluding hydrogens is 350 g/mol. The predicted molar refractivity (Wildman–Crippen MR) is 73.3 cm³/mol. The summed E-state index contributed by atoms with van der Waals surface area (Å²) in [7, 11) is 0. The molecule has 2 aromatic rings. The lowest BCUT2D eigenvalue weighted by atomic mass is 10.1. The van der Waals surface area contributed by atoms with E-state index in [1.54, 1.807) is 0 Å². The summed E-state index contributed by atoms with van der Waals surface area (Å²) in [5.41, 5.74) is 5.07. The maximum Gasteiger partial charge on any atom is 0.280 e. The van der Waals surface area contributed by atoms with Gasteiger partial charge in [0, 0.05) is 0 Å². The third-order valence-electron chi connectivity index (χ3n) is 3.30. The van der Waals surface area contributed by atoms with E-state index in [9.17, 15) is 15.0 Å². The van der Waals surface area contributed by atoms with Crippen molar-refractivity contribution in [3.05, 3.63) is 15.1 Å². The summed E-state index contributed by atoms with van der Waals surface area (Å²) in [5, 5.41) is 29.0. The predicted octanol–water partition coefficient (Wildman–Crippen LogP) is -1.92. The van der Waals surface area contributed by atoms with Gasteiger partial charge in [-0.25, -0.2) is 4.98 Å². The number of nitrogens with zero attached hydrogens (tertiary/aromatic N) is 3. The van der Waals surface area contributed by atoms with Crippen molar-refractivity contribution in [3.63, 3.8) is 0 Å². The van der Waals surface area contributed by atoms with Gasteiger partial charge in [-0.1, -0.05) is 0 Å². The van der Waals surface area contributed by atoms with Crippen molar-refractivity contribution in [1.29, 1.82) is 0 Å². The minimum atomic E-state index is -1.32. The number of rotatable bonds is 2. The zero-order valence-corrected chi connectivity index (χ0v) is 12.1. The zero-order valence-electron chi connectivity index (χ0n) is 10.5. The Kier molecular flexibility index (Phi) is 3.45. The number of nitrogens with two attached hydrogens (primary N) is 1. The molecule has 3 rings (SSSR count). The van der Waals surface area contributed by atoms with Crippen molar-refractivity contribution in [2.45, 2.75) is 24.5 Å². The van der Waals surface area contributed by atoms with Crippen LogP contribution < -0.4 is 11.3 Å². The molecule has 1 saturated heterocycles. The van der Waals surface area contributed by atoms with E-state index in [2.05, 4.69) is 30.9 Å². The molecule has 0 saturated carbocycles. The van der Waals surface area contributed by atoms with Crippen LogP contribution in [0.25, 0.3) is 11.2 Å². The highest BCUT2D eigenvalue weighted by atomic mass is 79.9. The average Bonchev–Trinajstić information content (AvgIpc) is 2.89. The van der Waals surface area contributed by atoms with Crippen molar-refractivity contribution < 1.29 is 20.1 Å². The summed E-state index contributed by atoms with van der Waals surface area (Å²) in [6, 6.07) is 0. The molecule has 11 heteroatoms. The van der Waals surface area contributed by atoms with Crippen LogP contribution in [0, 0.1) is 0 Å². The molecule has 1 aliphatic rings. The number of imidazole rings is 1. The minimum Gasteiger partial charge on any atom is -0.394 e. The summed E-state index contributed by atoms with van der Waals surface area (Å²) in [5.74, 6) is -0.118. The molecule has 0 amide bonds. The van der Waals surface area contributed by atoms with E-state index < -0.39 is 36.7 Å². The molecule has 3 heterocycles. The van der Waals surface area contributed by atoms with E-state index in [1.807, 2.05) is 0 Å². The lowest BCUT2D eigenvalue weighted by Crippen LogP contribution is -2.33. The number of aliphatic hydroxyl groups excluding tert-OH is 3. The van der Waals surface area contributed by atoms with Gasteiger partial charge in [0.05, 0.1) is 6.61 Å². The van der Waals surface area contributed by atoms with Gasteiger partial charge in [0.25, 0.3) is 5.56 Å². The second-order valence-corrected chi connectivity index (χ2v) is 5.31. The van der Waals surface area contributed by atoms with Crippen LogP contribution in [-0.4, -0.2) is 59.8 Å². The van der Waals surface area contributed by atoms with Crippen LogP contribution in [0.1, 0.15) is 6.23 Å². The Hall–Kier alpha value is -1.53. The van der Waals surface area contributed by atoms with Gasteiger partial charge in [0.15, 0.2) is 22.1 Å². The molecule has 0 aromatic carbocycles. The third-order valence-corrected chi connectivity index (χ3v) is 3.86. The van der Waals surface area contributed by atoms with Crippen LogP contribution >= 0.6 is 15.9 Å². The number of H-pyrrole nitrogens is 1. The van der Waals surface area contributed by atoms with Crippen molar-refractivity contribution in [1.82, 2.24) is 19.5 Å². The zero-order chi connectivity index (χ0) is 15.3. The monoisotopic (exact) mass is 361 g/mol. The second-order valence-electron chi connectivity index (χ2n) is 4.60. The molecular formula is C10H12BrN5O5. The smallest absolute Gasteiger partial charge is 0.280 e. The maximum absolute atomic E-state index is 11.8. The Bertz CT molecular complexity index is 745. The van der Waals surface area contributed by atoms with Gasteiger partial charge in [-0.2, -0.15) is 4.98 Å². The minimum absolute atomic E-state index is 0.00816. The van der Waals surface area contributed by atoms with E-state index >= 15 is 0 Å². The van der Waals surface area contributed by atoms with E-state index in [-0.39, 0.29) is 21.8 Å². The topological polar surface area (TPSA) is 160 Å². The van der Waals surface area contributed by atoms with Crippen molar-refractivity contribution in [2.75, 3.05) is 12.3 Å². The fourth-order valence-electron chi connectivity index (χ4n) is 2.29. The normalized spacial score (nSPS) is 29.3. The van der Waals surface area contributed by atoms with Crippen LogP contribution in [0.4, 0.5) is 5.95 Å². The number of hydrogen-bond donors (Lipinski definition) is 5. The Morgan fingerprint density at radius 2 is 2.10 bits per heavy atom. The van der Waals surface area contributed by atoms with Gasteiger partial charge >= 0.3 is 0 Å². The first-order valence-corrected chi connectivity index (χ1v) is 6.79. The van der Waals surface area contributed by atoms with E-state index in [1.165, 1.54) is 4.57 Å². The molecule has 0 spiro atoms. The first kappa shape index (κ1) is 14.4. The number of fused-ring (bicyclic) bond motifs is 1. The van der Waals surface area contributed by atoms with Crippen molar-refractivity contribution in [3.8, 4) is 0 Å². The van der Waals surface area contributed by atoms with Crippen molar-refractivity contribution in [2.24, 2.45) is 0 Å². The SMILES string of the molecule is Nc1nc2c(nc(Br)n2[C@H]2O[C@H](CO)[C@@H](O)[C@@H]2O)c(=O)[nH]1. The summed E-state index contributed by atoms with van der Waals surface area (Å²) in [6.45, 7) is -0.463. The highest BCUT2D eigenvalue weighted by Crippen LogP contribution is 2.33. The van der Waals surface area contributed by atoms with Crippen LogP contribution in [0.3, 0.4) is 0 Å². The first-order valence-electron chi connectivity index (χ1n) is 5.99. The lowest BCUT2D eigenvalue weighted by molar-refractivity contribution is -0.0521. The van der Waals surface area contributed by atoms with Gasteiger partial charge in [-0.05, 0) is 15.9 Å². The highest BCUT2D eigenvalue weighted by molar-refractivity contribution is 9.10. The lowest BCUT2D eigenvalue weighted by Gasteiger charge is -2.17. The van der Waals surface area contributed by atoms with Gasteiger partial charge in [0.1, 0.15) is 18.3 Å². The largest absolute Gasteiger partial charge is 0.394 e. The van der Waals surface area contributed by atoms with Gasteiger partial charge < -0.3 is 25.8 Å². The van der Waals surface area contributed by atoms with E-state index in [0.29, 0.717) is 0 Å². The molecule has 0 radical (unpaired) electrons. The molecule has 10 nitrogen and oxygen atoms in total. The van der Waals surface area contributed by atoms with Crippen LogP contribution in [0.2, 0.25) is 0 Å². The van der Waals surface area contributed by atoms with Crippen LogP contribution in [0.15, 0.2) is 9.53 Å². The Morgan fingerprint density at radius 3 is 2.71 bits per heavy atom. The molecule has 4 atom stereocenters. The first-order chi connectivity index (χ1) is 9.93. The van der Waals surface area contributed by atoms with Crippen molar-refractivity contribution >= 4 is 33.0 Å². The molecule has 0 unspecified atom stereocenters. The number of anilines is 1. The standard InChI is InChI=1S/C10H12BrN5O5/c11-9-13-3-6(14-10(12)15-7(3)20)16(9)8-5(19)4(18)2(1-17)21-8/h2,4-5,8,17-19H,1H2,(H3,12,14,15,20)/t2-,4-,5+,8+/m1/s1. The molecule has 6 N–H and O–H groups in total. The quantitative estimate of drug-likeness (QED) is 0.387. The average molecular weight is 362 g/mol. The summed E-state index contributed by atoms with van der Waals surface area (Å²) in [4.78, 5) is 22.0.